The number of methoxy groups -OCH3 is 1. The van der Waals surface area contributed by atoms with Gasteiger partial charge in [0.1, 0.15) is 12.0 Å². The minimum Gasteiger partial charge on any atom is -0.467 e. The van der Waals surface area contributed by atoms with Crippen molar-refractivity contribution < 1.29 is 23.0 Å². The number of nitriles is 1. The molecule has 0 N–H and O–H groups in total. The van der Waals surface area contributed by atoms with Crippen LogP contribution in [0.25, 0.3) is 10.8 Å². The lowest BCUT2D eigenvalue weighted by molar-refractivity contribution is -0.128. The highest BCUT2D eigenvalue weighted by molar-refractivity contribution is 6.35. The smallest absolute Gasteiger partial charge is 0.318 e. The molecule has 3 atom stereocenters. The summed E-state index contributed by atoms with van der Waals surface area (Å²) in [5.41, 5.74) is 2.78. The van der Waals surface area contributed by atoms with Gasteiger partial charge < -0.3 is 19.3 Å². The van der Waals surface area contributed by atoms with Crippen molar-refractivity contribution in [2.24, 2.45) is 0 Å². The first-order chi connectivity index (χ1) is 22.2. The Kier molecular flexibility index (Phi) is 11.0. The van der Waals surface area contributed by atoms with Gasteiger partial charge in [-0.15, -0.1) is 0 Å². The van der Waals surface area contributed by atoms with Crippen molar-refractivity contribution in [2.75, 3.05) is 51.3 Å². The Balaban J connectivity index is 0.000000290. The van der Waals surface area contributed by atoms with Gasteiger partial charge >= 0.3 is 6.01 Å². The number of anilines is 1. The fourth-order valence-electron chi connectivity index (χ4n) is 6.69. The van der Waals surface area contributed by atoms with Crippen LogP contribution in [0.2, 0.25) is 5.02 Å². The van der Waals surface area contributed by atoms with E-state index in [2.05, 4.69) is 26.3 Å². The Labute approximate surface area is 273 Å². The SMILES string of the molecule is C=C(F)C(=O)N1CCN(c2nc(OC)nc3c2COC(c2cccc4cccc(Cl)c24)C3)CC1.CC#N.FC1CC2CCCN2C1. The largest absolute Gasteiger partial charge is 0.467 e. The molecular formula is C34H39ClF2N6O3. The zero-order valence-electron chi connectivity index (χ0n) is 26.2. The maximum absolute atomic E-state index is 13.3. The maximum atomic E-state index is 13.3. The second kappa shape index (κ2) is 15.2. The summed E-state index contributed by atoms with van der Waals surface area (Å²) in [6.45, 7) is 8.50. The molecule has 0 spiro atoms. The third-order valence-corrected chi connectivity index (χ3v) is 9.15. The van der Waals surface area contributed by atoms with Crippen LogP contribution < -0.4 is 9.64 Å². The predicted octanol–water partition coefficient (Wildman–Crippen LogP) is 5.96. The van der Waals surface area contributed by atoms with Crippen molar-refractivity contribution in [1.29, 1.82) is 5.26 Å². The van der Waals surface area contributed by atoms with E-state index in [1.165, 1.54) is 31.8 Å². The summed E-state index contributed by atoms with van der Waals surface area (Å²) in [7, 11) is 1.54. The average molecular weight is 653 g/mol. The average Bonchev–Trinajstić information content (AvgIpc) is 3.65. The second-order valence-electron chi connectivity index (χ2n) is 11.7. The summed E-state index contributed by atoms with van der Waals surface area (Å²) in [5.74, 6) is -0.883. The molecule has 3 fully saturated rings. The number of hydrogen-bond acceptors (Lipinski definition) is 8. The number of carbonyl (C=O) groups excluding carboxylic acids is 1. The molecule has 0 radical (unpaired) electrons. The van der Waals surface area contributed by atoms with E-state index in [1.807, 2.05) is 36.4 Å². The molecule has 2 aromatic carbocycles. The summed E-state index contributed by atoms with van der Waals surface area (Å²) in [6, 6.07) is 14.6. The number of aromatic nitrogens is 2. The van der Waals surface area contributed by atoms with Gasteiger partial charge in [0.2, 0.25) is 0 Å². The molecule has 3 unspecified atom stereocenters. The molecule has 5 heterocycles. The van der Waals surface area contributed by atoms with Crippen LogP contribution >= 0.6 is 11.6 Å². The highest BCUT2D eigenvalue weighted by Crippen LogP contribution is 2.39. The zero-order chi connectivity index (χ0) is 32.8. The van der Waals surface area contributed by atoms with Gasteiger partial charge in [-0.25, -0.2) is 8.78 Å². The Morgan fingerprint density at radius 3 is 2.54 bits per heavy atom. The van der Waals surface area contributed by atoms with E-state index in [0.29, 0.717) is 56.8 Å². The molecule has 46 heavy (non-hydrogen) atoms. The summed E-state index contributed by atoms with van der Waals surface area (Å²) in [6.07, 6.45) is 3.15. The predicted molar refractivity (Wildman–Crippen MR) is 173 cm³/mol. The van der Waals surface area contributed by atoms with Gasteiger partial charge in [0.15, 0.2) is 5.83 Å². The number of benzene rings is 2. The summed E-state index contributed by atoms with van der Waals surface area (Å²) < 4.78 is 37.6. The standard InChI is InChI=1S/C25H24ClFN4O3.C7H12FN.C2H3N/c1-15(27)24(32)31-11-9-30(10-12-31)23-18-14-34-21(13-20(18)28-25(29-23)33-2)17-7-3-5-16-6-4-8-19(26)22(16)17;8-6-4-7-2-1-3-9(7)5-6;1-2-3/h3-8,21H,1,9-14H2,2H3;6-7H,1-5H2;1H3. The molecule has 3 aromatic rings. The molecule has 0 saturated carbocycles. The van der Waals surface area contributed by atoms with Crippen LogP contribution in [0.3, 0.4) is 0 Å². The van der Waals surface area contributed by atoms with Crippen LogP contribution in [-0.2, 0) is 22.6 Å². The van der Waals surface area contributed by atoms with Crippen molar-refractivity contribution in [3.8, 4) is 12.1 Å². The number of hydrogen-bond donors (Lipinski definition) is 0. The zero-order valence-corrected chi connectivity index (χ0v) is 27.0. The van der Waals surface area contributed by atoms with Gasteiger partial charge in [-0.2, -0.15) is 15.2 Å². The normalized spacial score (nSPS) is 22.0. The molecule has 1 amide bonds. The number of fused-ring (bicyclic) bond motifs is 3. The fourth-order valence-corrected chi connectivity index (χ4v) is 6.98. The van der Waals surface area contributed by atoms with Gasteiger partial charge in [0.05, 0.1) is 31.6 Å². The van der Waals surface area contributed by atoms with Crippen LogP contribution in [0.4, 0.5) is 14.6 Å². The van der Waals surface area contributed by atoms with Crippen LogP contribution in [0, 0.1) is 11.3 Å². The lowest BCUT2D eigenvalue weighted by atomic mass is 9.94. The Morgan fingerprint density at radius 2 is 1.87 bits per heavy atom. The lowest BCUT2D eigenvalue weighted by Crippen LogP contribution is -2.49. The van der Waals surface area contributed by atoms with Gasteiger partial charge in [-0.05, 0) is 42.8 Å². The molecule has 4 aliphatic rings. The van der Waals surface area contributed by atoms with E-state index >= 15 is 0 Å². The quantitative estimate of drug-likeness (QED) is 0.319. The number of halogens is 3. The van der Waals surface area contributed by atoms with Gasteiger partial charge in [-0.1, -0.05) is 48.5 Å². The number of nitrogens with zero attached hydrogens (tertiary/aromatic N) is 6. The lowest BCUT2D eigenvalue weighted by Gasteiger charge is -2.37. The summed E-state index contributed by atoms with van der Waals surface area (Å²) >= 11 is 6.54. The van der Waals surface area contributed by atoms with Crippen molar-refractivity contribution in [2.45, 2.75) is 57.5 Å². The van der Waals surface area contributed by atoms with Crippen LogP contribution in [0.5, 0.6) is 6.01 Å². The molecule has 9 nitrogen and oxygen atoms in total. The summed E-state index contributed by atoms with van der Waals surface area (Å²) in [4.78, 5) is 26.9. The number of amides is 1. The van der Waals surface area contributed by atoms with Gasteiger partial charge in [0, 0.05) is 68.1 Å². The van der Waals surface area contributed by atoms with E-state index in [-0.39, 0.29) is 12.1 Å². The first kappa shape index (κ1) is 33.5. The molecule has 0 bridgehead atoms. The third-order valence-electron chi connectivity index (χ3n) is 8.83. The molecule has 7 rings (SSSR count). The highest BCUT2D eigenvalue weighted by atomic mass is 35.5. The van der Waals surface area contributed by atoms with Crippen molar-refractivity contribution in [1.82, 2.24) is 19.8 Å². The Bertz CT molecular complexity index is 1590. The second-order valence-corrected chi connectivity index (χ2v) is 12.1. The number of rotatable bonds is 4. The minimum absolute atomic E-state index is 0.214. The van der Waals surface area contributed by atoms with Crippen molar-refractivity contribution in [3.63, 3.8) is 0 Å². The molecule has 244 valence electrons. The third kappa shape index (κ3) is 7.41. The monoisotopic (exact) mass is 652 g/mol. The fraction of sp³-hybridized carbons (Fsp3) is 0.471. The van der Waals surface area contributed by atoms with Crippen LogP contribution in [0.15, 0.2) is 48.8 Å². The molecular weight excluding hydrogens is 614 g/mol. The molecule has 12 heteroatoms. The number of alkyl halides is 1. The molecule has 1 aromatic heterocycles. The van der Waals surface area contributed by atoms with Crippen LogP contribution in [0.1, 0.15) is 49.1 Å². The summed E-state index contributed by atoms with van der Waals surface area (Å²) in [5, 5.41) is 10.0. The van der Waals surface area contributed by atoms with E-state index in [9.17, 15) is 13.6 Å². The van der Waals surface area contributed by atoms with Crippen molar-refractivity contribution >= 4 is 34.1 Å². The van der Waals surface area contributed by atoms with Crippen LogP contribution in [-0.4, -0.2) is 84.3 Å². The topological polar surface area (TPSA) is 94.8 Å². The Morgan fingerprint density at radius 1 is 1.15 bits per heavy atom. The maximum Gasteiger partial charge on any atom is 0.318 e. The first-order valence-electron chi connectivity index (χ1n) is 15.5. The molecule has 3 saturated heterocycles. The number of ether oxygens (including phenoxy) is 2. The first-order valence-corrected chi connectivity index (χ1v) is 15.9. The molecule has 0 aliphatic carbocycles. The van der Waals surface area contributed by atoms with E-state index < -0.39 is 17.9 Å². The number of carbonyl (C=O) groups is 1. The van der Waals surface area contributed by atoms with Gasteiger partial charge in [0.25, 0.3) is 5.91 Å². The van der Waals surface area contributed by atoms with Crippen molar-refractivity contribution in [3.05, 3.63) is 70.6 Å². The van der Waals surface area contributed by atoms with E-state index in [0.717, 1.165) is 46.4 Å². The van der Waals surface area contributed by atoms with E-state index in [1.54, 1.807) is 6.07 Å². The Hall–Kier alpha value is -3.85. The number of piperazine rings is 1. The van der Waals surface area contributed by atoms with Gasteiger partial charge in [-0.3, -0.25) is 9.69 Å². The highest BCUT2D eigenvalue weighted by Gasteiger charge is 2.35. The minimum atomic E-state index is -0.942. The molecule has 4 aliphatic heterocycles. The van der Waals surface area contributed by atoms with E-state index in [4.69, 9.17) is 26.3 Å².